The SMILES string of the molecule is CCc1ccc(C(Br)c2ccc([N+](=O)[O-])o2)cc1CC. The highest BCUT2D eigenvalue weighted by molar-refractivity contribution is 9.09. The van der Waals surface area contributed by atoms with E-state index in [4.69, 9.17) is 4.42 Å². The Bertz CT molecular complexity index is 621. The molecule has 0 N–H and O–H groups in total. The van der Waals surface area contributed by atoms with Gasteiger partial charge in [-0.3, -0.25) is 10.1 Å². The molecule has 0 radical (unpaired) electrons. The van der Waals surface area contributed by atoms with E-state index in [-0.39, 0.29) is 10.7 Å². The van der Waals surface area contributed by atoms with Gasteiger partial charge < -0.3 is 4.42 Å². The molecule has 20 heavy (non-hydrogen) atoms. The van der Waals surface area contributed by atoms with Gasteiger partial charge in [-0.05, 0) is 35.6 Å². The van der Waals surface area contributed by atoms with Crippen LogP contribution in [0, 0.1) is 10.1 Å². The fourth-order valence-corrected chi connectivity index (χ4v) is 2.75. The molecule has 1 aromatic carbocycles. The van der Waals surface area contributed by atoms with Gasteiger partial charge in [-0.25, -0.2) is 0 Å². The van der Waals surface area contributed by atoms with Crippen molar-refractivity contribution >= 4 is 21.8 Å². The van der Waals surface area contributed by atoms with Crippen molar-refractivity contribution in [2.75, 3.05) is 0 Å². The lowest BCUT2D eigenvalue weighted by Crippen LogP contribution is -1.96. The van der Waals surface area contributed by atoms with Crippen LogP contribution in [0.5, 0.6) is 0 Å². The molecular weight excluding hydrogens is 322 g/mol. The van der Waals surface area contributed by atoms with Gasteiger partial charge in [0, 0.05) is 0 Å². The van der Waals surface area contributed by atoms with E-state index in [9.17, 15) is 10.1 Å². The van der Waals surface area contributed by atoms with E-state index in [0.717, 1.165) is 18.4 Å². The van der Waals surface area contributed by atoms with Crippen molar-refractivity contribution < 1.29 is 9.34 Å². The van der Waals surface area contributed by atoms with Gasteiger partial charge in [0.15, 0.2) is 0 Å². The number of aryl methyl sites for hydroxylation is 2. The second kappa shape index (κ2) is 6.22. The van der Waals surface area contributed by atoms with Crippen molar-refractivity contribution in [3.8, 4) is 0 Å². The van der Waals surface area contributed by atoms with Crippen LogP contribution in [0.1, 0.15) is 41.1 Å². The first-order valence-corrected chi connectivity index (χ1v) is 7.48. The molecule has 1 heterocycles. The molecule has 0 aliphatic carbocycles. The highest BCUT2D eigenvalue weighted by Crippen LogP contribution is 2.34. The van der Waals surface area contributed by atoms with Crippen LogP contribution < -0.4 is 0 Å². The number of halogens is 1. The third kappa shape index (κ3) is 2.93. The molecule has 0 aliphatic heterocycles. The van der Waals surface area contributed by atoms with Crippen LogP contribution in [-0.4, -0.2) is 4.92 Å². The smallest absolute Gasteiger partial charge is 0.404 e. The Morgan fingerprint density at radius 1 is 1.20 bits per heavy atom. The van der Waals surface area contributed by atoms with E-state index in [1.54, 1.807) is 6.07 Å². The summed E-state index contributed by atoms with van der Waals surface area (Å²) in [5.74, 6) is 0.313. The summed E-state index contributed by atoms with van der Waals surface area (Å²) in [6, 6.07) is 9.29. The van der Waals surface area contributed by atoms with Gasteiger partial charge in [-0.15, -0.1) is 0 Å². The molecule has 0 amide bonds. The minimum atomic E-state index is -0.527. The maximum Gasteiger partial charge on any atom is 0.433 e. The number of benzene rings is 1. The van der Waals surface area contributed by atoms with Gasteiger partial charge in [0.25, 0.3) is 0 Å². The Kier molecular flexibility index (Phi) is 4.60. The van der Waals surface area contributed by atoms with Gasteiger partial charge in [-0.1, -0.05) is 48.0 Å². The lowest BCUT2D eigenvalue weighted by atomic mass is 9.98. The van der Waals surface area contributed by atoms with Crippen LogP contribution in [-0.2, 0) is 12.8 Å². The number of nitro groups is 1. The summed E-state index contributed by atoms with van der Waals surface area (Å²) < 4.78 is 5.25. The number of alkyl halides is 1. The molecule has 5 heteroatoms. The fraction of sp³-hybridized carbons (Fsp3) is 0.333. The molecule has 1 atom stereocenters. The first kappa shape index (κ1) is 14.8. The molecule has 0 saturated carbocycles. The molecule has 0 fully saturated rings. The Balaban J connectivity index is 2.32. The van der Waals surface area contributed by atoms with Gasteiger partial charge in [0.1, 0.15) is 10.7 Å². The zero-order valence-corrected chi connectivity index (χ0v) is 13.0. The summed E-state index contributed by atoms with van der Waals surface area (Å²) in [5.41, 5.74) is 3.68. The summed E-state index contributed by atoms with van der Waals surface area (Å²) in [5, 5.41) is 10.7. The third-order valence-electron chi connectivity index (χ3n) is 3.33. The zero-order chi connectivity index (χ0) is 14.7. The maximum atomic E-state index is 10.7. The van der Waals surface area contributed by atoms with E-state index in [0.29, 0.717) is 5.76 Å². The van der Waals surface area contributed by atoms with Gasteiger partial charge >= 0.3 is 5.88 Å². The van der Waals surface area contributed by atoms with Crippen LogP contribution >= 0.6 is 15.9 Å². The van der Waals surface area contributed by atoms with Gasteiger partial charge in [0.05, 0.1) is 10.9 Å². The summed E-state index contributed by atoms with van der Waals surface area (Å²) in [6.45, 7) is 4.26. The van der Waals surface area contributed by atoms with Crippen LogP contribution in [0.15, 0.2) is 34.7 Å². The number of hydrogen-bond acceptors (Lipinski definition) is 3. The second-order valence-corrected chi connectivity index (χ2v) is 5.45. The average Bonchev–Trinajstić information content (AvgIpc) is 2.95. The highest BCUT2D eigenvalue weighted by atomic mass is 79.9. The summed E-state index contributed by atoms with van der Waals surface area (Å²) >= 11 is 3.55. The Hall–Kier alpha value is -1.62. The minimum absolute atomic E-state index is 0.174. The molecule has 2 rings (SSSR count). The molecule has 0 saturated heterocycles. The largest absolute Gasteiger partial charge is 0.433 e. The monoisotopic (exact) mass is 337 g/mol. The topological polar surface area (TPSA) is 56.3 Å². The minimum Gasteiger partial charge on any atom is -0.404 e. The molecule has 4 nitrogen and oxygen atoms in total. The van der Waals surface area contributed by atoms with Crippen LogP contribution in [0.2, 0.25) is 0 Å². The molecule has 1 unspecified atom stereocenters. The molecule has 1 aromatic heterocycles. The van der Waals surface area contributed by atoms with E-state index in [2.05, 4.69) is 41.9 Å². The Morgan fingerprint density at radius 2 is 1.90 bits per heavy atom. The molecule has 0 spiro atoms. The van der Waals surface area contributed by atoms with Gasteiger partial charge in [-0.2, -0.15) is 0 Å². The molecule has 106 valence electrons. The predicted molar refractivity (Wildman–Crippen MR) is 81.3 cm³/mol. The van der Waals surface area contributed by atoms with Crippen molar-refractivity contribution in [1.29, 1.82) is 0 Å². The first-order valence-electron chi connectivity index (χ1n) is 6.56. The van der Waals surface area contributed by atoms with E-state index in [1.165, 1.54) is 17.2 Å². The van der Waals surface area contributed by atoms with E-state index >= 15 is 0 Å². The normalized spacial score (nSPS) is 12.3. The first-order chi connectivity index (χ1) is 9.56. The maximum absolute atomic E-state index is 10.7. The quantitative estimate of drug-likeness (QED) is 0.447. The van der Waals surface area contributed by atoms with Crippen LogP contribution in [0.4, 0.5) is 5.88 Å². The standard InChI is InChI=1S/C15H16BrNO3/c1-3-10-5-6-12(9-11(10)4-2)15(16)13-7-8-14(20-13)17(18)19/h5-9,15H,3-4H2,1-2H3. The van der Waals surface area contributed by atoms with Crippen molar-refractivity contribution in [2.45, 2.75) is 31.5 Å². The third-order valence-corrected chi connectivity index (χ3v) is 4.31. The highest BCUT2D eigenvalue weighted by Gasteiger charge is 2.19. The van der Waals surface area contributed by atoms with Crippen molar-refractivity contribution in [1.82, 2.24) is 0 Å². The Morgan fingerprint density at radius 3 is 2.45 bits per heavy atom. The number of hydrogen-bond donors (Lipinski definition) is 0. The molecule has 0 aliphatic rings. The number of nitrogens with zero attached hydrogens (tertiary/aromatic N) is 1. The number of rotatable bonds is 5. The van der Waals surface area contributed by atoms with Crippen molar-refractivity contribution in [2.24, 2.45) is 0 Å². The van der Waals surface area contributed by atoms with Crippen LogP contribution in [0.3, 0.4) is 0 Å². The zero-order valence-electron chi connectivity index (χ0n) is 11.4. The van der Waals surface area contributed by atoms with E-state index in [1.807, 2.05) is 6.07 Å². The van der Waals surface area contributed by atoms with Gasteiger partial charge in [0.2, 0.25) is 0 Å². The fourth-order valence-electron chi connectivity index (χ4n) is 2.22. The van der Waals surface area contributed by atoms with E-state index < -0.39 is 4.92 Å². The Labute approximate surface area is 126 Å². The van der Waals surface area contributed by atoms with Crippen LogP contribution in [0.25, 0.3) is 0 Å². The summed E-state index contributed by atoms with van der Waals surface area (Å²) in [4.78, 5) is 9.95. The van der Waals surface area contributed by atoms with Crippen molar-refractivity contribution in [3.63, 3.8) is 0 Å². The number of furan rings is 1. The molecular formula is C15H16BrNO3. The summed E-state index contributed by atoms with van der Waals surface area (Å²) in [7, 11) is 0. The predicted octanol–water partition coefficient (Wildman–Crippen LogP) is 4.80. The lowest BCUT2D eigenvalue weighted by molar-refractivity contribution is -0.402. The lowest BCUT2D eigenvalue weighted by Gasteiger charge is -2.12. The molecule has 0 bridgehead atoms. The van der Waals surface area contributed by atoms with Crippen molar-refractivity contribution in [3.05, 3.63) is 62.9 Å². The molecule has 2 aromatic rings. The summed E-state index contributed by atoms with van der Waals surface area (Å²) in [6.07, 6.45) is 1.97. The average molecular weight is 338 g/mol. The second-order valence-electron chi connectivity index (χ2n) is 4.53.